The highest BCUT2D eigenvalue weighted by atomic mass is 32.1. The number of likely N-dealkylation sites (N-methyl/N-ethyl adjacent to an activating group) is 1. The molecule has 0 aromatic carbocycles. The molecule has 0 atom stereocenters. The number of aromatic nitrogens is 1. The fraction of sp³-hybridized carbons (Fsp3) is 0.308. The first-order valence-electron chi connectivity index (χ1n) is 6.06. The molecule has 7 heteroatoms. The van der Waals surface area contributed by atoms with Gasteiger partial charge in [-0.05, 0) is 18.4 Å². The molecule has 0 spiro atoms. The molecule has 1 N–H and O–H groups in total. The number of nitrogens with zero attached hydrogens (tertiary/aromatic N) is 2. The topological polar surface area (TPSA) is 70.5 Å². The number of hydrogen-bond acceptors (Lipinski definition) is 5. The molecule has 0 saturated heterocycles. The van der Waals surface area contributed by atoms with Crippen LogP contribution < -0.4 is 0 Å². The highest BCUT2D eigenvalue weighted by molar-refractivity contribution is 7.14. The number of thiophene rings is 1. The summed E-state index contributed by atoms with van der Waals surface area (Å²) in [5, 5.41) is 15.5. The van der Waals surface area contributed by atoms with Crippen molar-refractivity contribution >= 4 is 34.6 Å². The summed E-state index contributed by atoms with van der Waals surface area (Å²) >= 11 is 3.09. The molecule has 0 saturated carbocycles. The minimum Gasteiger partial charge on any atom is -0.480 e. The maximum absolute atomic E-state index is 12.0. The number of carboxylic acid groups (broad SMARTS) is 1. The van der Waals surface area contributed by atoms with Gasteiger partial charge in [0, 0.05) is 22.9 Å². The first kappa shape index (κ1) is 14.7. The predicted octanol–water partition coefficient (Wildman–Crippen LogP) is 2.35. The highest BCUT2D eigenvalue weighted by Crippen LogP contribution is 2.25. The molecule has 2 aromatic rings. The van der Waals surface area contributed by atoms with E-state index in [1.54, 1.807) is 18.3 Å². The molecule has 0 unspecified atom stereocenters. The first-order valence-corrected chi connectivity index (χ1v) is 7.89. The van der Waals surface area contributed by atoms with Crippen LogP contribution >= 0.6 is 22.7 Å². The third-order valence-electron chi connectivity index (χ3n) is 2.71. The molecular weight excluding hydrogens is 296 g/mol. The minimum atomic E-state index is -1.00. The Morgan fingerprint density at radius 2 is 2.20 bits per heavy atom. The number of carbonyl (C=O) groups is 2. The number of rotatable bonds is 6. The molecule has 0 aliphatic rings. The SMILES string of the molecule is CCN(CC(=O)O)C(=O)Cc1csc(-c2ccsc2)n1. The highest BCUT2D eigenvalue weighted by Gasteiger charge is 2.17. The second kappa shape index (κ2) is 6.62. The van der Waals surface area contributed by atoms with Crippen molar-refractivity contribution in [2.75, 3.05) is 13.1 Å². The molecule has 2 aromatic heterocycles. The maximum Gasteiger partial charge on any atom is 0.323 e. The summed E-state index contributed by atoms with van der Waals surface area (Å²) < 4.78 is 0. The van der Waals surface area contributed by atoms with Gasteiger partial charge >= 0.3 is 5.97 Å². The van der Waals surface area contributed by atoms with E-state index in [4.69, 9.17) is 5.11 Å². The summed E-state index contributed by atoms with van der Waals surface area (Å²) in [4.78, 5) is 28.4. The van der Waals surface area contributed by atoms with Crippen LogP contribution in [-0.2, 0) is 16.0 Å². The van der Waals surface area contributed by atoms with Crippen LogP contribution in [-0.4, -0.2) is 40.0 Å². The van der Waals surface area contributed by atoms with Gasteiger partial charge in [0.15, 0.2) is 0 Å². The van der Waals surface area contributed by atoms with Gasteiger partial charge in [0.1, 0.15) is 11.6 Å². The minimum absolute atomic E-state index is 0.141. The lowest BCUT2D eigenvalue weighted by Crippen LogP contribution is -2.36. The fourth-order valence-electron chi connectivity index (χ4n) is 1.71. The lowest BCUT2D eigenvalue weighted by atomic mass is 10.3. The zero-order valence-corrected chi connectivity index (χ0v) is 12.5. The molecule has 5 nitrogen and oxygen atoms in total. The molecule has 0 aliphatic carbocycles. The van der Waals surface area contributed by atoms with E-state index in [9.17, 15) is 9.59 Å². The van der Waals surface area contributed by atoms with Gasteiger partial charge in [-0.25, -0.2) is 4.98 Å². The molecule has 0 radical (unpaired) electrons. The van der Waals surface area contributed by atoms with Gasteiger partial charge in [0.2, 0.25) is 5.91 Å². The number of thiazole rings is 1. The molecule has 1 amide bonds. The van der Waals surface area contributed by atoms with E-state index >= 15 is 0 Å². The normalized spacial score (nSPS) is 10.4. The smallest absolute Gasteiger partial charge is 0.323 e. The van der Waals surface area contributed by atoms with Crippen molar-refractivity contribution in [1.29, 1.82) is 0 Å². The largest absolute Gasteiger partial charge is 0.480 e. The van der Waals surface area contributed by atoms with Crippen LogP contribution in [0.15, 0.2) is 22.2 Å². The van der Waals surface area contributed by atoms with Crippen molar-refractivity contribution in [2.24, 2.45) is 0 Å². The molecule has 2 rings (SSSR count). The van der Waals surface area contributed by atoms with E-state index in [-0.39, 0.29) is 18.9 Å². The third kappa shape index (κ3) is 3.64. The maximum atomic E-state index is 12.0. The zero-order chi connectivity index (χ0) is 14.5. The van der Waals surface area contributed by atoms with Crippen molar-refractivity contribution in [1.82, 2.24) is 9.88 Å². The Kier molecular flexibility index (Phi) is 4.86. The van der Waals surface area contributed by atoms with Gasteiger partial charge in [-0.1, -0.05) is 0 Å². The Morgan fingerprint density at radius 3 is 2.80 bits per heavy atom. The molecular formula is C13H14N2O3S2. The summed E-state index contributed by atoms with van der Waals surface area (Å²) in [6.07, 6.45) is 0.141. The van der Waals surface area contributed by atoms with E-state index in [1.807, 2.05) is 22.2 Å². The lowest BCUT2D eigenvalue weighted by Gasteiger charge is -2.17. The predicted molar refractivity (Wildman–Crippen MR) is 79.0 cm³/mol. The van der Waals surface area contributed by atoms with Gasteiger partial charge < -0.3 is 10.0 Å². The van der Waals surface area contributed by atoms with Crippen molar-refractivity contribution in [3.63, 3.8) is 0 Å². The van der Waals surface area contributed by atoms with Gasteiger partial charge in [0.05, 0.1) is 12.1 Å². The Bertz CT molecular complexity index is 593. The second-order valence-corrected chi connectivity index (χ2v) is 5.77. The number of aliphatic carboxylic acids is 1. The summed E-state index contributed by atoms with van der Waals surface area (Å²) in [6.45, 7) is 1.88. The first-order chi connectivity index (χ1) is 9.60. The Hall–Kier alpha value is -1.73. The quantitative estimate of drug-likeness (QED) is 0.889. The molecule has 0 fully saturated rings. The van der Waals surface area contributed by atoms with Crippen molar-refractivity contribution in [3.05, 3.63) is 27.9 Å². The third-order valence-corrected chi connectivity index (χ3v) is 4.34. The molecule has 0 aliphatic heterocycles. The van der Waals surface area contributed by atoms with E-state index in [1.165, 1.54) is 16.2 Å². The monoisotopic (exact) mass is 310 g/mol. The van der Waals surface area contributed by atoms with Crippen LogP contribution in [0.1, 0.15) is 12.6 Å². The number of carboxylic acids is 1. The average Bonchev–Trinajstić information content (AvgIpc) is 3.05. The summed E-state index contributed by atoms with van der Waals surface area (Å²) in [7, 11) is 0. The van der Waals surface area contributed by atoms with Crippen molar-refractivity contribution in [2.45, 2.75) is 13.3 Å². The van der Waals surface area contributed by atoms with Crippen molar-refractivity contribution < 1.29 is 14.7 Å². The summed E-state index contributed by atoms with van der Waals surface area (Å²) in [6, 6.07) is 1.98. The second-order valence-electron chi connectivity index (χ2n) is 4.13. The van der Waals surface area contributed by atoms with E-state index in [0.29, 0.717) is 12.2 Å². The van der Waals surface area contributed by atoms with Crippen LogP contribution in [0, 0.1) is 0 Å². The zero-order valence-electron chi connectivity index (χ0n) is 10.9. The van der Waals surface area contributed by atoms with Crippen LogP contribution in [0.5, 0.6) is 0 Å². The van der Waals surface area contributed by atoms with Gasteiger partial charge in [-0.3, -0.25) is 9.59 Å². The van der Waals surface area contributed by atoms with Crippen LogP contribution in [0.4, 0.5) is 0 Å². The summed E-state index contributed by atoms with van der Waals surface area (Å²) in [5.41, 5.74) is 1.74. The van der Waals surface area contributed by atoms with Gasteiger partial charge in [0.25, 0.3) is 0 Å². The Balaban J connectivity index is 2.02. The van der Waals surface area contributed by atoms with Crippen LogP contribution in [0.25, 0.3) is 10.6 Å². The lowest BCUT2D eigenvalue weighted by molar-refractivity contribution is -0.144. The van der Waals surface area contributed by atoms with Gasteiger partial charge in [-0.2, -0.15) is 11.3 Å². The van der Waals surface area contributed by atoms with Crippen LogP contribution in [0.3, 0.4) is 0 Å². The standard InChI is InChI=1S/C13H14N2O3S2/c1-2-15(6-12(17)18)11(16)5-10-8-20-13(14-10)9-3-4-19-7-9/h3-4,7-8H,2,5-6H2,1H3,(H,17,18). The Morgan fingerprint density at radius 1 is 1.40 bits per heavy atom. The molecule has 0 bridgehead atoms. The van der Waals surface area contributed by atoms with E-state index in [0.717, 1.165) is 10.6 Å². The number of carbonyl (C=O) groups excluding carboxylic acids is 1. The average molecular weight is 310 g/mol. The molecule has 2 heterocycles. The number of hydrogen-bond donors (Lipinski definition) is 1. The fourth-order valence-corrected chi connectivity index (χ4v) is 3.25. The van der Waals surface area contributed by atoms with Gasteiger partial charge in [-0.15, -0.1) is 11.3 Å². The number of amides is 1. The molecule has 20 heavy (non-hydrogen) atoms. The van der Waals surface area contributed by atoms with Crippen LogP contribution in [0.2, 0.25) is 0 Å². The summed E-state index contributed by atoms with van der Waals surface area (Å²) in [5.74, 6) is -1.21. The molecule has 106 valence electrons. The van der Waals surface area contributed by atoms with Crippen molar-refractivity contribution in [3.8, 4) is 10.6 Å². The van der Waals surface area contributed by atoms with E-state index < -0.39 is 5.97 Å². The van der Waals surface area contributed by atoms with E-state index in [2.05, 4.69) is 4.98 Å². The Labute approximate surface area is 124 Å².